The molecule has 2 aromatic rings. The molecule has 2 fully saturated rings. The first kappa shape index (κ1) is 17.4. The lowest BCUT2D eigenvalue weighted by Gasteiger charge is -2.23. The van der Waals surface area contributed by atoms with Gasteiger partial charge in [0.25, 0.3) is 0 Å². The average molecular weight is 355 g/mol. The van der Waals surface area contributed by atoms with Gasteiger partial charge in [0.05, 0.1) is 24.8 Å². The van der Waals surface area contributed by atoms with Crippen LogP contribution in [0, 0.1) is 5.92 Å². The summed E-state index contributed by atoms with van der Waals surface area (Å²) in [6.07, 6.45) is 9.30. The molecule has 0 bridgehead atoms. The normalized spacial score (nSPS) is 25.0. The van der Waals surface area contributed by atoms with Crippen LogP contribution in [0.15, 0.2) is 29.4 Å². The van der Waals surface area contributed by atoms with E-state index < -0.39 is 0 Å². The maximum absolute atomic E-state index is 9.59. The Hall–Kier alpha value is -2.05. The van der Waals surface area contributed by atoms with Crippen LogP contribution in [0.3, 0.4) is 0 Å². The van der Waals surface area contributed by atoms with Crippen LogP contribution >= 0.6 is 0 Å². The first-order valence-corrected chi connectivity index (χ1v) is 9.50. The molecule has 1 aromatic heterocycles. The Kier molecular flexibility index (Phi) is 5.41. The van der Waals surface area contributed by atoms with E-state index >= 15 is 0 Å². The Balaban J connectivity index is 1.46. The van der Waals surface area contributed by atoms with Gasteiger partial charge >= 0.3 is 0 Å². The molecule has 1 saturated carbocycles. The van der Waals surface area contributed by atoms with Crippen molar-refractivity contribution in [1.82, 2.24) is 9.97 Å². The van der Waals surface area contributed by atoms with Gasteiger partial charge in [-0.2, -0.15) is 0 Å². The Labute approximate surface area is 153 Å². The number of fused-ring (bicyclic) bond motifs is 1. The Morgan fingerprint density at radius 3 is 2.73 bits per heavy atom. The molecule has 1 N–H and O–H groups in total. The second-order valence-electron chi connectivity index (χ2n) is 7.17. The molecule has 0 unspecified atom stereocenters. The third kappa shape index (κ3) is 4.37. The minimum absolute atomic E-state index is 0.147. The quantitative estimate of drug-likeness (QED) is 0.850. The summed E-state index contributed by atoms with van der Waals surface area (Å²) < 4.78 is 11.4. The van der Waals surface area contributed by atoms with Crippen molar-refractivity contribution in [3.8, 4) is 5.75 Å². The molecule has 138 valence electrons. The molecule has 0 atom stereocenters. The zero-order chi connectivity index (χ0) is 17.8. The smallest absolute Gasteiger partial charge is 0.249 e. The summed E-state index contributed by atoms with van der Waals surface area (Å²) in [6, 6.07) is 5.92. The average Bonchev–Trinajstić information content (AvgIpc) is 2.68. The van der Waals surface area contributed by atoms with Gasteiger partial charge in [-0.05, 0) is 43.7 Å². The molecular weight excluding hydrogens is 330 g/mol. The zero-order valence-electron chi connectivity index (χ0n) is 14.9. The molecule has 6 heteroatoms. The summed E-state index contributed by atoms with van der Waals surface area (Å²) in [5.41, 5.74) is 0.843. The molecule has 4 rings (SSSR count). The number of hydrogen-bond donors (Lipinski definition) is 1. The number of nitrogens with zero attached hydrogens (tertiary/aromatic N) is 3. The van der Waals surface area contributed by atoms with Gasteiger partial charge in [-0.3, -0.25) is 0 Å². The van der Waals surface area contributed by atoms with Crippen molar-refractivity contribution in [2.75, 3.05) is 13.2 Å². The predicted octanol–water partition coefficient (Wildman–Crippen LogP) is 3.44. The van der Waals surface area contributed by atoms with Crippen molar-refractivity contribution in [2.24, 2.45) is 10.9 Å². The molecule has 2 aliphatic rings. The summed E-state index contributed by atoms with van der Waals surface area (Å²) in [5.74, 6) is 1.71. The van der Waals surface area contributed by atoms with Crippen LogP contribution < -0.4 is 4.74 Å². The van der Waals surface area contributed by atoms with Gasteiger partial charge in [-0.25, -0.2) is 15.0 Å². The summed E-state index contributed by atoms with van der Waals surface area (Å²) in [7, 11) is 0. The van der Waals surface area contributed by atoms with Crippen LogP contribution in [0.4, 0.5) is 5.95 Å². The molecule has 6 nitrogen and oxygen atoms in total. The summed E-state index contributed by atoms with van der Waals surface area (Å²) in [4.78, 5) is 13.4. The van der Waals surface area contributed by atoms with Crippen molar-refractivity contribution in [3.05, 3.63) is 24.4 Å². The molecule has 1 saturated heterocycles. The number of ether oxygens (including phenoxy) is 2. The third-order valence-corrected chi connectivity index (χ3v) is 5.15. The van der Waals surface area contributed by atoms with E-state index in [0.717, 1.165) is 68.4 Å². The number of aliphatic hydroxyl groups is 1. The van der Waals surface area contributed by atoms with Crippen molar-refractivity contribution in [1.29, 1.82) is 0 Å². The highest BCUT2D eigenvalue weighted by Crippen LogP contribution is 2.25. The highest BCUT2D eigenvalue weighted by molar-refractivity contribution is 5.80. The maximum Gasteiger partial charge on any atom is 0.249 e. The van der Waals surface area contributed by atoms with E-state index in [9.17, 15) is 5.11 Å². The lowest BCUT2D eigenvalue weighted by molar-refractivity contribution is 0.0256. The fraction of sp³-hybridized carbons (Fsp3) is 0.550. The van der Waals surface area contributed by atoms with E-state index in [1.165, 1.54) is 0 Å². The number of rotatable bonds is 4. The Morgan fingerprint density at radius 2 is 1.92 bits per heavy atom. The zero-order valence-corrected chi connectivity index (χ0v) is 14.9. The fourth-order valence-electron chi connectivity index (χ4n) is 3.54. The van der Waals surface area contributed by atoms with E-state index in [2.05, 4.69) is 15.0 Å². The molecule has 26 heavy (non-hydrogen) atoms. The standard InChI is InChI=1S/C20H25N3O3/c24-16-4-1-14(2-5-16)12-21-20-22-13-15-3-6-18(11-19(15)23-20)26-17-7-9-25-10-8-17/h3,6,11-14,16-17,24H,1-2,4-5,7-10H2/b21-12+. The highest BCUT2D eigenvalue weighted by atomic mass is 16.5. The lowest BCUT2D eigenvalue weighted by atomic mass is 9.88. The summed E-state index contributed by atoms with van der Waals surface area (Å²) >= 11 is 0. The van der Waals surface area contributed by atoms with Crippen molar-refractivity contribution < 1.29 is 14.6 Å². The number of hydrogen-bond acceptors (Lipinski definition) is 6. The maximum atomic E-state index is 9.59. The van der Waals surface area contributed by atoms with Gasteiger partial charge in [0.2, 0.25) is 5.95 Å². The van der Waals surface area contributed by atoms with E-state index in [1.54, 1.807) is 6.20 Å². The molecule has 0 amide bonds. The van der Waals surface area contributed by atoms with Crippen molar-refractivity contribution in [3.63, 3.8) is 0 Å². The van der Waals surface area contributed by atoms with Crippen LogP contribution in [0.5, 0.6) is 5.75 Å². The highest BCUT2D eigenvalue weighted by Gasteiger charge is 2.18. The van der Waals surface area contributed by atoms with Gasteiger partial charge in [-0.1, -0.05) is 0 Å². The van der Waals surface area contributed by atoms with Crippen LogP contribution in [0.2, 0.25) is 0 Å². The van der Waals surface area contributed by atoms with E-state index in [-0.39, 0.29) is 12.2 Å². The number of aliphatic imine (C=N–C) groups is 1. The lowest BCUT2D eigenvalue weighted by Crippen LogP contribution is -2.25. The van der Waals surface area contributed by atoms with Gasteiger partial charge < -0.3 is 14.6 Å². The number of benzene rings is 1. The predicted molar refractivity (Wildman–Crippen MR) is 100 cm³/mol. The van der Waals surface area contributed by atoms with Gasteiger partial charge in [0.15, 0.2) is 0 Å². The minimum Gasteiger partial charge on any atom is -0.490 e. The summed E-state index contributed by atoms with van der Waals surface area (Å²) in [5, 5.41) is 10.6. The van der Waals surface area contributed by atoms with Gasteiger partial charge in [0, 0.05) is 36.7 Å². The molecule has 1 aromatic carbocycles. The minimum atomic E-state index is -0.147. The van der Waals surface area contributed by atoms with Crippen LogP contribution in [0.25, 0.3) is 10.9 Å². The molecule has 0 radical (unpaired) electrons. The second kappa shape index (κ2) is 8.10. The first-order chi connectivity index (χ1) is 12.8. The van der Waals surface area contributed by atoms with E-state index in [0.29, 0.717) is 11.9 Å². The van der Waals surface area contributed by atoms with Crippen LogP contribution in [-0.4, -0.2) is 46.7 Å². The SMILES string of the molecule is OC1CCC(/C=N/c2ncc3ccc(OC4CCOCC4)cc3n2)CC1. The van der Waals surface area contributed by atoms with E-state index in [1.807, 2.05) is 24.4 Å². The van der Waals surface area contributed by atoms with Gasteiger partial charge in [0.1, 0.15) is 11.9 Å². The molecule has 1 aliphatic carbocycles. The fourth-order valence-corrected chi connectivity index (χ4v) is 3.54. The number of aliphatic hydroxyl groups excluding tert-OH is 1. The van der Waals surface area contributed by atoms with Gasteiger partial charge in [-0.15, -0.1) is 0 Å². The topological polar surface area (TPSA) is 76.8 Å². The van der Waals surface area contributed by atoms with Crippen LogP contribution in [-0.2, 0) is 4.74 Å². The monoisotopic (exact) mass is 355 g/mol. The molecule has 0 spiro atoms. The largest absolute Gasteiger partial charge is 0.490 e. The Morgan fingerprint density at radius 1 is 1.12 bits per heavy atom. The Bertz CT molecular complexity index is 766. The molecular formula is C20H25N3O3. The van der Waals surface area contributed by atoms with Crippen molar-refractivity contribution >= 4 is 23.1 Å². The molecule has 1 aliphatic heterocycles. The van der Waals surface area contributed by atoms with E-state index in [4.69, 9.17) is 9.47 Å². The third-order valence-electron chi connectivity index (χ3n) is 5.15. The molecule has 2 heterocycles. The van der Waals surface area contributed by atoms with Crippen LogP contribution in [0.1, 0.15) is 38.5 Å². The second-order valence-corrected chi connectivity index (χ2v) is 7.17. The number of aromatic nitrogens is 2. The first-order valence-electron chi connectivity index (χ1n) is 9.50. The van der Waals surface area contributed by atoms with Crippen molar-refractivity contribution in [2.45, 2.75) is 50.7 Å². The summed E-state index contributed by atoms with van der Waals surface area (Å²) in [6.45, 7) is 1.52.